The Balaban J connectivity index is 0.00000208. The van der Waals surface area contributed by atoms with E-state index >= 15 is 0 Å². The van der Waals surface area contributed by atoms with E-state index in [1.165, 1.54) is 44.9 Å². The second kappa shape index (κ2) is 9.18. The minimum atomic E-state index is 0. The van der Waals surface area contributed by atoms with Crippen molar-refractivity contribution < 1.29 is 4.74 Å². The fraction of sp³-hybridized carbons (Fsp3) is 1.00. The zero-order valence-corrected chi connectivity index (χ0v) is 16.7. The van der Waals surface area contributed by atoms with Crippen LogP contribution in [-0.2, 0) is 4.74 Å². The van der Waals surface area contributed by atoms with E-state index in [1.54, 1.807) is 0 Å². The van der Waals surface area contributed by atoms with Crippen molar-refractivity contribution in [1.29, 1.82) is 0 Å². The molecule has 0 aromatic carbocycles. The van der Waals surface area contributed by atoms with E-state index in [4.69, 9.17) is 4.74 Å². The Bertz CT molecular complexity index is 376. The molecule has 3 rings (SSSR count). The van der Waals surface area contributed by atoms with Crippen molar-refractivity contribution in [1.82, 2.24) is 15.5 Å². The van der Waals surface area contributed by atoms with Gasteiger partial charge in [0.05, 0.1) is 13.2 Å². The molecular formula is C19H38ClN3O. The first-order valence-corrected chi connectivity index (χ1v) is 9.83. The number of hydrogen-bond acceptors (Lipinski definition) is 4. The molecule has 24 heavy (non-hydrogen) atoms. The summed E-state index contributed by atoms with van der Waals surface area (Å²) >= 11 is 0. The number of hydrogen-bond donors (Lipinski definition) is 2. The molecule has 5 heteroatoms. The van der Waals surface area contributed by atoms with Crippen molar-refractivity contribution in [2.24, 2.45) is 11.8 Å². The molecule has 0 amide bonds. The largest absolute Gasteiger partial charge is 0.379 e. The number of nitrogens with zero attached hydrogens (tertiary/aromatic N) is 1. The Labute approximate surface area is 154 Å². The predicted octanol–water partition coefficient (Wildman–Crippen LogP) is 2.67. The lowest BCUT2D eigenvalue weighted by Gasteiger charge is -2.46. The number of ether oxygens (including phenoxy) is 1. The van der Waals surface area contributed by atoms with E-state index in [-0.39, 0.29) is 12.4 Å². The zero-order chi connectivity index (χ0) is 16.3. The van der Waals surface area contributed by atoms with E-state index < -0.39 is 0 Å². The number of rotatable bonds is 5. The molecule has 5 unspecified atom stereocenters. The molecule has 0 spiro atoms. The highest BCUT2D eigenvalue weighted by atomic mass is 35.5. The molecule has 1 aliphatic heterocycles. The Morgan fingerprint density at radius 1 is 1.21 bits per heavy atom. The lowest BCUT2D eigenvalue weighted by molar-refractivity contribution is 0.0456. The fourth-order valence-electron chi connectivity index (χ4n) is 5.26. The van der Waals surface area contributed by atoms with Crippen LogP contribution in [0, 0.1) is 11.8 Å². The van der Waals surface area contributed by atoms with Gasteiger partial charge in [0, 0.05) is 30.7 Å². The van der Waals surface area contributed by atoms with E-state index in [1.807, 2.05) is 0 Å². The van der Waals surface area contributed by atoms with Crippen LogP contribution in [0.5, 0.6) is 0 Å². The molecule has 3 fully saturated rings. The molecule has 0 bridgehead atoms. The lowest BCUT2D eigenvalue weighted by atomic mass is 9.75. The van der Waals surface area contributed by atoms with Crippen LogP contribution in [0.2, 0.25) is 0 Å². The fourth-order valence-corrected chi connectivity index (χ4v) is 5.26. The molecule has 0 aromatic rings. The van der Waals surface area contributed by atoms with Crippen molar-refractivity contribution in [2.45, 2.75) is 69.5 Å². The number of likely N-dealkylation sites (N-methyl/N-ethyl adjacent to an activating group) is 1. The SMILES string of the molecule is CC1CCCC(CNC2CCCC2C2COCCN2)(N(C)C)C1.Cl. The van der Waals surface area contributed by atoms with Crippen molar-refractivity contribution in [3.05, 3.63) is 0 Å². The van der Waals surface area contributed by atoms with Gasteiger partial charge in [-0.1, -0.05) is 26.2 Å². The Kier molecular flexibility index (Phi) is 7.82. The highest BCUT2D eigenvalue weighted by Gasteiger charge is 2.40. The average molecular weight is 360 g/mol. The van der Waals surface area contributed by atoms with Crippen LogP contribution in [-0.4, -0.2) is 62.9 Å². The second-order valence-electron chi connectivity index (χ2n) is 8.54. The Morgan fingerprint density at radius 2 is 2.04 bits per heavy atom. The van der Waals surface area contributed by atoms with Crippen LogP contribution in [0.1, 0.15) is 51.9 Å². The highest BCUT2D eigenvalue weighted by molar-refractivity contribution is 5.85. The van der Waals surface area contributed by atoms with Gasteiger partial charge in [0.15, 0.2) is 0 Å². The van der Waals surface area contributed by atoms with E-state index in [9.17, 15) is 0 Å². The van der Waals surface area contributed by atoms with Crippen molar-refractivity contribution >= 4 is 12.4 Å². The first kappa shape index (κ1) is 20.4. The summed E-state index contributed by atoms with van der Waals surface area (Å²) in [6, 6.07) is 1.23. The minimum Gasteiger partial charge on any atom is -0.379 e. The summed E-state index contributed by atoms with van der Waals surface area (Å²) in [6.07, 6.45) is 9.53. The summed E-state index contributed by atoms with van der Waals surface area (Å²) in [4.78, 5) is 2.50. The molecule has 3 aliphatic rings. The first-order valence-electron chi connectivity index (χ1n) is 9.83. The third kappa shape index (κ3) is 4.64. The monoisotopic (exact) mass is 359 g/mol. The smallest absolute Gasteiger partial charge is 0.0623 e. The number of morpholine rings is 1. The first-order chi connectivity index (χ1) is 11.1. The van der Waals surface area contributed by atoms with Gasteiger partial charge in [-0.15, -0.1) is 12.4 Å². The molecule has 0 radical (unpaired) electrons. The number of halogens is 1. The van der Waals surface area contributed by atoms with Gasteiger partial charge in [-0.05, 0) is 51.6 Å². The molecule has 5 atom stereocenters. The van der Waals surface area contributed by atoms with E-state index in [2.05, 4.69) is 36.6 Å². The summed E-state index contributed by atoms with van der Waals surface area (Å²) < 4.78 is 5.71. The maximum absolute atomic E-state index is 5.71. The van der Waals surface area contributed by atoms with Crippen molar-refractivity contribution in [2.75, 3.05) is 40.4 Å². The molecule has 1 heterocycles. The molecule has 1 saturated heterocycles. The topological polar surface area (TPSA) is 36.5 Å². The van der Waals surface area contributed by atoms with Crippen LogP contribution in [0.4, 0.5) is 0 Å². The van der Waals surface area contributed by atoms with Gasteiger partial charge in [-0.25, -0.2) is 0 Å². The van der Waals surface area contributed by atoms with Gasteiger partial charge >= 0.3 is 0 Å². The Hall–Kier alpha value is 0.130. The molecule has 2 aliphatic carbocycles. The summed E-state index contributed by atoms with van der Waals surface area (Å²) in [5, 5.41) is 7.70. The van der Waals surface area contributed by atoms with Crippen LogP contribution >= 0.6 is 12.4 Å². The molecule has 0 aromatic heterocycles. The van der Waals surface area contributed by atoms with E-state index in [0.717, 1.165) is 38.1 Å². The summed E-state index contributed by atoms with van der Waals surface area (Å²) in [5.41, 5.74) is 0.362. The molecule has 142 valence electrons. The second-order valence-corrected chi connectivity index (χ2v) is 8.54. The standard InChI is InChI=1S/C19H37N3O.ClH/c1-15-6-5-9-19(12-15,22(2)3)14-21-17-8-4-7-16(17)18-13-23-11-10-20-18;/h15-18,20-21H,4-14H2,1-3H3;1H. The van der Waals surface area contributed by atoms with Gasteiger partial charge in [-0.2, -0.15) is 0 Å². The van der Waals surface area contributed by atoms with Gasteiger partial charge in [-0.3, -0.25) is 0 Å². The molecule has 2 saturated carbocycles. The lowest BCUT2D eigenvalue weighted by Crippen LogP contribution is -2.57. The molecule has 2 N–H and O–H groups in total. The summed E-state index contributed by atoms with van der Waals surface area (Å²) in [6.45, 7) is 6.38. The maximum atomic E-state index is 5.71. The van der Waals surface area contributed by atoms with Crippen LogP contribution in [0.3, 0.4) is 0 Å². The highest BCUT2D eigenvalue weighted by Crippen LogP contribution is 2.36. The number of nitrogens with one attached hydrogen (secondary N) is 2. The van der Waals surface area contributed by atoms with Gasteiger partial charge in [0.1, 0.15) is 0 Å². The van der Waals surface area contributed by atoms with Gasteiger partial charge < -0.3 is 20.3 Å². The third-order valence-electron chi connectivity index (χ3n) is 6.75. The van der Waals surface area contributed by atoms with Crippen LogP contribution in [0.25, 0.3) is 0 Å². The normalized spacial score (nSPS) is 40.5. The molecule has 4 nitrogen and oxygen atoms in total. The van der Waals surface area contributed by atoms with Gasteiger partial charge in [0.25, 0.3) is 0 Å². The van der Waals surface area contributed by atoms with Crippen LogP contribution in [0.15, 0.2) is 0 Å². The summed E-state index contributed by atoms with van der Waals surface area (Å²) in [7, 11) is 4.56. The van der Waals surface area contributed by atoms with Gasteiger partial charge in [0.2, 0.25) is 0 Å². The predicted molar refractivity (Wildman–Crippen MR) is 103 cm³/mol. The zero-order valence-electron chi connectivity index (χ0n) is 15.9. The maximum Gasteiger partial charge on any atom is 0.0623 e. The van der Waals surface area contributed by atoms with Crippen molar-refractivity contribution in [3.63, 3.8) is 0 Å². The van der Waals surface area contributed by atoms with E-state index in [0.29, 0.717) is 17.6 Å². The summed E-state index contributed by atoms with van der Waals surface area (Å²) in [5.74, 6) is 1.61. The third-order valence-corrected chi connectivity index (χ3v) is 6.75. The Morgan fingerprint density at radius 3 is 2.71 bits per heavy atom. The molecular weight excluding hydrogens is 322 g/mol. The minimum absolute atomic E-state index is 0. The van der Waals surface area contributed by atoms with Crippen molar-refractivity contribution in [3.8, 4) is 0 Å². The quantitative estimate of drug-likeness (QED) is 0.791. The average Bonchev–Trinajstić information content (AvgIpc) is 3.02. The van der Waals surface area contributed by atoms with Crippen LogP contribution < -0.4 is 10.6 Å².